The largest absolute Gasteiger partial charge is 0.343 e. The summed E-state index contributed by atoms with van der Waals surface area (Å²) in [6.45, 7) is 6.35. The van der Waals surface area contributed by atoms with Crippen LogP contribution >= 0.6 is 11.8 Å². The van der Waals surface area contributed by atoms with E-state index in [1.165, 1.54) is 39.3 Å². The molecule has 0 fully saturated rings. The first-order valence-corrected chi connectivity index (χ1v) is 12.6. The third kappa shape index (κ3) is 7.19. The van der Waals surface area contributed by atoms with E-state index in [1.54, 1.807) is 11.8 Å². The molecule has 0 aromatic heterocycles. The van der Waals surface area contributed by atoms with E-state index in [1.807, 2.05) is 12.1 Å². The molecule has 2 nitrogen and oxygen atoms in total. The highest BCUT2D eigenvalue weighted by molar-refractivity contribution is 8.13. The van der Waals surface area contributed by atoms with Gasteiger partial charge in [0.2, 0.25) is 0 Å². The summed E-state index contributed by atoms with van der Waals surface area (Å²) in [6.07, 6.45) is 8.77. The summed E-state index contributed by atoms with van der Waals surface area (Å²) in [5.74, 6) is -0.222. The Kier molecular flexibility index (Phi) is 8.37. The summed E-state index contributed by atoms with van der Waals surface area (Å²) in [6, 6.07) is 23.9. The maximum Gasteiger partial charge on any atom is 0.165 e. The summed E-state index contributed by atoms with van der Waals surface area (Å²) in [4.78, 5) is 8.62. The zero-order chi connectivity index (χ0) is 23.8. The van der Waals surface area contributed by atoms with Gasteiger partial charge >= 0.3 is 0 Å². The predicted molar refractivity (Wildman–Crippen MR) is 143 cm³/mol. The zero-order valence-electron chi connectivity index (χ0n) is 19.9. The molecule has 4 rings (SSSR count). The number of allylic oxidation sites excluding steroid dienone is 3. The van der Waals surface area contributed by atoms with Gasteiger partial charge in [-0.25, -0.2) is 4.39 Å². The number of hydrogen-bond acceptors (Lipinski definition) is 2. The number of rotatable bonds is 7. The van der Waals surface area contributed by atoms with Crippen molar-refractivity contribution in [3.8, 4) is 0 Å². The number of halogens is 1. The van der Waals surface area contributed by atoms with E-state index in [4.69, 9.17) is 4.99 Å². The van der Waals surface area contributed by atoms with Crippen LogP contribution in [0.15, 0.2) is 106 Å². The van der Waals surface area contributed by atoms with Gasteiger partial charge < -0.3 is 4.90 Å². The highest BCUT2D eigenvalue weighted by atomic mass is 32.2. The minimum absolute atomic E-state index is 0.222. The van der Waals surface area contributed by atoms with Gasteiger partial charge in [0.1, 0.15) is 5.82 Å². The molecule has 0 amide bonds. The molecule has 0 atom stereocenters. The third-order valence-electron chi connectivity index (χ3n) is 5.77. The van der Waals surface area contributed by atoms with E-state index in [-0.39, 0.29) is 5.82 Å². The Balaban J connectivity index is 1.67. The first-order chi connectivity index (χ1) is 16.5. The van der Waals surface area contributed by atoms with E-state index >= 15 is 0 Å². The summed E-state index contributed by atoms with van der Waals surface area (Å²) in [5.41, 5.74) is 6.16. The predicted octanol–water partition coefficient (Wildman–Crippen LogP) is 7.87. The van der Waals surface area contributed by atoms with Crippen LogP contribution in [0.4, 0.5) is 4.39 Å². The first-order valence-electron chi connectivity index (χ1n) is 11.7. The molecule has 0 radical (unpaired) electrons. The van der Waals surface area contributed by atoms with E-state index < -0.39 is 0 Å². The molecular formula is C30H31FN2S. The lowest BCUT2D eigenvalue weighted by molar-refractivity contribution is 0.447. The molecule has 4 heteroatoms. The molecule has 0 unspecified atom stereocenters. The summed E-state index contributed by atoms with van der Waals surface area (Å²) in [7, 11) is 0. The zero-order valence-corrected chi connectivity index (χ0v) is 20.7. The van der Waals surface area contributed by atoms with Crippen molar-refractivity contribution in [3.63, 3.8) is 0 Å². The maximum absolute atomic E-state index is 13.4. The number of amidine groups is 1. The molecule has 3 aromatic carbocycles. The van der Waals surface area contributed by atoms with Crippen LogP contribution in [0.3, 0.4) is 0 Å². The van der Waals surface area contributed by atoms with Crippen molar-refractivity contribution in [1.82, 2.24) is 4.90 Å². The van der Waals surface area contributed by atoms with Gasteiger partial charge in [0.15, 0.2) is 5.17 Å². The summed E-state index contributed by atoms with van der Waals surface area (Å²) < 4.78 is 13.4. The van der Waals surface area contributed by atoms with Gasteiger partial charge in [-0.05, 0) is 62.1 Å². The van der Waals surface area contributed by atoms with Crippen LogP contribution in [0.1, 0.15) is 35.1 Å². The van der Waals surface area contributed by atoms with Crippen LogP contribution in [0.2, 0.25) is 0 Å². The Morgan fingerprint density at radius 3 is 2.38 bits per heavy atom. The van der Waals surface area contributed by atoms with E-state index in [0.717, 1.165) is 36.7 Å². The van der Waals surface area contributed by atoms with Crippen molar-refractivity contribution in [1.29, 1.82) is 0 Å². The topological polar surface area (TPSA) is 15.6 Å². The van der Waals surface area contributed by atoms with E-state index in [9.17, 15) is 4.39 Å². The Bertz CT molecular complexity index is 1180. The molecule has 0 aliphatic heterocycles. The molecule has 0 spiro atoms. The van der Waals surface area contributed by atoms with Gasteiger partial charge in [-0.15, -0.1) is 0 Å². The molecule has 0 bridgehead atoms. The van der Waals surface area contributed by atoms with Crippen LogP contribution in [0, 0.1) is 19.7 Å². The van der Waals surface area contributed by atoms with Gasteiger partial charge in [0.25, 0.3) is 0 Å². The molecule has 1 aliphatic carbocycles. The van der Waals surface area contributed by atoms with Crippen LogP contribution in [0.5, 0.6) is 0 Å². The highest BCUT2D eigenvalue weighted by Gasteiger charge is 2.17. The molecule has 0 heterocycles. The molecule has 0 N–H and O–H groups in total. The summed E-state index contributed by atoms with van der Waals surface area (Å²) >= 11 is 1.70. The Hall–Kier alpha value is -3.11. The first kappa shape index (κ1) is 24.0. The molecule has 1 aliphatic rings. The SMILES string of the molecule is Cc1ccc(CN(CC2=CC=CCC2)C(=NCc2ccc(F)cc2)Sc2cccc(C)c2)cc1. The fraction of sp³-hybridized carbons (Fsp3) is 0.233. The average Bonchev–Trinajstić information content (AvgIpc) is 2.84. The molecule has 3 aromatic rings. The van der Waals surface area contributed by atoms with Crippen molar-refractivity contribution in [3.05, 3.63) is 125 Å². The average molecular weight is 471 g/mol. The van der Waals surface area contributed by atoms with Crippen LogP contribution in [0.25, 0.3) is 0 Å². The Morgan fingerprint density at radius 2 is 1.68 bits per heavy atom. The van der Waals surface area contributed by atoms with Gasteiger partial charge in [0.05, 0.1) is 6.54 Å². The number of benzene rings is 3. The van der Waals surface area contributed by atoms with E-state index in [0.29, 0.717) is 6.54 Å². The molecule has 0 saturated heterocycles. The van der Waals surface area contributed by atoms with E-state index in [2.05, 4.69) is 85.5 Å². The highest BCUT2D eigenvalue weighted by Crippen LogP contribution is 2.26. The maximum atomic E-state index is 13.4. The van der Waals surface area contributed by atoms with Crippen molar-refractivity contribution in [2.45, 2.75) is 44.7 Å². The second-order valence-electron chi connectivity index (χ2n) is 8.78. The number of aliphatic imine (C=N–C) groups is 1. The van der Waals surface area contributed by atoms with Crippen molar-refractivity contribution < 1.29 is 4.39 Å². The van der Waals surface area contributed by atoms with Gasteiger partial charge in [-0.2, -0.15) is 0 Å². The lowest BCUT2D eigenvalue weighted by Gasteiger charge is -2.28. The van der Waals surface area contributed by atoms with Gasteiger partial charge in [-0.3, -0.25) is 4.99 Å². The number of aryl methyl sites for hydroxylation is 2. The number of thioether (sulfide) groups is 1. The molecular weight excluding hydrogens is 439 g/mol. The molecule has 0 saturated carbocycles. The smallest absolute Gasteiger partial charge is 0.165 e. The lowest BCUT2D eigenvalue weighted by Crippen LogP contribution is -2.31. The standard InChI is InChI=1S/C30H31FN2S/c1-23-11-13-27(14-12-23)22-33(21-26-8-4-3-5-9-26)30(34-29-10-6-7-24(2)19-29)32-20-25-15-17-28(31)18-16-25/h3-4,6-8,10-19H,5,9,20-22H2,1-2H3. The second kappa shape index (κ2) is 11.8. The van der Waals surface area contributed by atoms with Gasteiger partial charge in [-0.1, -0.05) is 95.2 Å². The third-order valence-corrected chi connectivity index (χ3v) is 6.83. The minimum Gasteiger partial charge on any atom is -0.343 e. The molecule has 34 heavy (non-hydrogen) atoms. The number of hydrogen-bond donors (Lipinski definition) is 0. The summed E-state index contributed by atoms with van der Waals surface area (Å²) in [5, 5.41) is 0.978. The van der Waals surface area contributed by atoms with Crippen LogP contribution < -0.4 is 0 Å². The Labute approximate surface area is 206 Å². The normalized spacial score (nSPS) is 13.6. The lowest BCUT2D eigenvalue weighted by atomic mass is 10.0. The van der Waals surface area contributed by atoms with Crippen molar-refractivity contribution >= 4 is 16.9 Å². The van der Waals surface area contributed by atoms with Crippen molar-refractivity contribution in [2.24, 2.45) is 4.99 Å². The van der Waals surface area contributed by atoms with Gasteiger partial charge in [0, 0.05) is 18.0 Å². The fourth-order valence-electron chi connectivity index (χ4n) is 3.86. The second-order valence-corrected chi connectivity index (χ2v) is 9.82. The Morgan fingerprint density at radius 1 is 0.912 bits per heavy atom. The van der Waals surface area contributed by atoms with Crippen molar-refractivity contribution in [2.75, 3.05) is 6.54 Å². The van der Waals surface area contributed by atoms with Crippen LogP contribution in [-0.4, -0.2) is 16.6 Å². The fourth-order valence-corrected chi connectivity index (χ4v) is 4.85. The quantitative estimate of drug-likeness (QED) is 0.198. The minimum atomic E-state index is -0.222. The van der Waals surface area contributed by atoms with Crippen LogP contribution in [-0.2, 0) is 13.1 Å². The number of nitrogens with zero attached hydrogens (tertiary/aromatic N) is 2. The monoisotopic (exact) mass is 470 g/mol. The molecule has 174 valence electrons.